The summed E-state index contributed by atoms with van der Waals surface area (Å²) in [6.45, 7) is 13.5. The lowest BCUT2D eigenvalue weighted by Crippen LogP contribution is -2.36. The highest BCUT2D eigenvalue weighted by Gasteiger charge is 2.38. The van der Waals surface area contributed by atoms with Crippen molar-refractivity contribution in [2.24, 2.45) is 0 Å². The molecule has 0 saturated carbocycles. The standard InChI is InChI=1S/C14H27N2O2PS2/c1-10(2)16(11(3)4)19(17-9-7-8-15)18-14-12(5)20-21-13(14)6/h10-14H,7,9H2,1-6H3/t12-,13+,14+,19?. The smallest absolute Gasteiger partial charge is 0.259 e. The Morgan fingerprint density at radius 2 is 1.67 bits per heavy atom. The van der Waals surface area contributed by atoms with Crippen LogP contribution in [0.25, 0.3) is 0 Å². The topological polar surface area (TPSA) is 45.5 Å². The van der Waals surface area contributed by atoms with E-state index in [1.807, 2.05) is 21.6 Å². The Hall–Kier alpha value is 0.500. The van der Waals surface area contributed by atoms with E-state index in [0.29, 0.717) is 35.6 Å². The molecule has 0 aromatic carbocycles. The lowest BCUT2D eigenvalue weighted by molar-refractivity contribution is 0.134. The van der Waals surface area contributed by atoms with E-state index >= 15 is 0 Å². The van der Waals surface area contributed by atoms with Crippen molar-refractivity contribution in [1.82, 2.24) is 4.67 Å². The minimum Gasteiger partial charge on any atom is -0.321 e. The lowest BCUT2D eigenvalue weighted by atomic mass is 10.2. The average Bonchev–Trinajstić information content (AvgIpc) is 2.69. The van der Waals surface area contributed by atoms with Crippen molar-refractivity contribution in [3.63, 3.8) is 0 Å². The molecule has 21 heavy (non-hydrogen) atoms. The van der Waals surface area contributed by atoms with Crippen LogP contribution >= 0.6 is 30.1 Å². The van der Waals surface area contributed by atoms with Gasteiger partial charge in [-0.3, -0.25) is 0 Å². The Kier molecular flexibility index (Phi) is 8.93. The van der Waals surface area contributed by atoms with E-state index in [4.69, 9.17) is 14.3 Å². The van der Waals surface area contributed by atoms with Gasteiger partial charge < -0.3 is 9.05 Å². The van der Waals surface area contributed by atoms with Crippen molar-refractivity contribution < 1.29 is 9.05 Å². The molecule has 0 aliphatic carbocycles. The monoisotopic (exact) mass is 350 g/mol. The van der Waals surface area contributed by atoms with Gasteiger partial charge in [-0.15, -0.1) is 0 Å². The molecule has 1 unspecified atom stereocenters. The molecular weight excluding hydrogens is 323 g/mol. The van der Waals surface area contributed by atoms with E-state index in [1.165, 1.54) is 0 Å². The molecule has 1 rings (SSSR count). The summed E-state index contributed by atoms with van der Waals surface area (Å²) in [5.74, 6) is 0. The summed E-state index contributed by atoms with van der Waals surface area (Å²) in [6, 6.07) is 2.84. The highest BCUT2D eigenvalue weighted by atomic mass is 33.1. The van der Waals surface area contributed by atoms with E-state index in [1.54, 1.807) is 0 Å². The summed E-state index contributed by atoms with van der Waals surface area (Å²) < 4.78 is 14.6. The number of nitrogens with zero attached hydrogens (tertiary/aromatic N) is 2. The van der Waals surface area contributed by atoms with E-state index in [-0.39, 0.29) is 6.10 Å². The minimum absolute atomic E-state index is 0.202. The van der Waals surface area contributed by atoms with Gasteiger partial charge in [0.2, 0.25) is 0 Å². The maximum absolute atomic E-state index is 8.72. The van der Waals surface area contributed by atoms with E-state index in [9.17, 15) is 0 Å². The van der Waals surface area contributed by atoms with Crippen LogP contribution in [0.2, 0.25) is 0 Å². The quantitative estimate of drug-likeness (QED) is 0.355. The van der Waals surface area contributed by atoms with Gasteiger partial charge in [-0.2, -0.15) is 5.26 Å². The first-order valence-electron chi connectivity index (χ1n) is 7.45. The number of rotatable bonds is 8. The second kappa shape index (κ2) is 9.60. The highest BCUT2D eigenvalue weighted by Crippen LogP contribution is 2.53. The zero-order valence-electron chi connectivity index (χ0n) is 13.8. The Balaban J connectivity index is 2.77. The van der Waals surface area contributed by atoms with Gasteiger partial charge in [-0.25, -0.2) is 4.67 Å². The van der Waals surface area contributed by atoms with Crippen LogP contribution in [0.1, 0.15) is 48.0 Å². The van der Waals surface area contributed by atoms with E-state index in [2.05, 4.69) is 52.3 Å². The first kappa shape index (κ1) is 19.5. The molecule has 0 N–H and O–H groups in total. The fraction of sp³-hybridized carbons (Fsp3) is 0.929. The average molecular weight is 350 g/mol. The van der Waals surface area contributed by atoms with Crippen molar-refractivity contribution in [3.8, 4) is 6.07 Å². The van der Waals surface area contributed by atoms with Crippen LogP contribution in [0.3, 0.4) is 0 Å². The summed E-state index contributed by atoms with van der Waals surface area (Å²) in [5, 5.41) is 9.66. The van der Waals surface area contributed by atoms with Gasteiger partial charge in [0, 0.05) is 22.6 Å². The summed E-state index contributed by atoms with van der Waals surface area (Å²) >= 11 is 0. The second-order valence-corrected chi connectivity index (χ2v) is 10.2. The van der Waals surface area contributed by atoms with Crippen LogP contribution in [0.4, 0.5) is 0 Å². The number of hydrogen-bond acceptors (Lipinski definition) is 6. The lowest BCUT2D eigenvalue weighted by Gasteiger charge is -2.37. The maximum Gasteiger partial charge on any atom is 0.259 e. The summed E-state index contributed by atoms with van der Waals surface area (Å²) in [6.07, 6.45) is 0.610. The molecule has 0 aromatic rings. The largest absolute Gasteiger partial charge is 0.321 e. The Labute approximate surface area is 138 Å². The molecule has 1 heterocycles. The van der Waals surface area contributed by atoms with Crippen LogP contribution < -0.4 is 0 Å². The molecule has 4 nitrogen and oxygen atoms in total. The Morgan fingerprint density at radius 1 is 1.14 bits per heavy atom. The first-order chi connectivity index (χ1) is 9.88. The molecular formula is C14H27N2O2PS2. The molecule has 1 aliphatic heterocycles. The number of nitriles is 1. The third-order valence-electron chi connectivity index (χ3n) is 3.16. The molecule has 0 amide bonds. The molecule has 1 fully saturated rings. The first-order valence-corrected chi connectivity index (χ1v) is 10.9. The van der Waals surface area contributed by atoms with Crippen LogP contribution in [0.15, 0.2) is 0 Å². The molecule has 1 aliphatic rings. The maximum atomic E-state index is 8.72. The van der Waals surface area contributed by atoms with Gasteiger partial charge >= 0.3 is 0 Å². The molecule has 0 radical (unpaired) electrons. The normalized spacial score (nSPS) is 27.5. The zero-order valence-corrected chi connectivity index (χ0v) is 16.3. The molecule has 1 saturated heterocycles. The van der Waals surface area contributed by atoms with Gasteiger partial charge in [0.15, 0.2) is 0 Å². The predicted molar refractivity (Wildman–Crippen MR) is 94.2 cm³/mol. The van der Waals surface area contributed by atoms with Crippen molar-refractivity contribution in [3.05, 3.63) is 0 Å². The van der Waals surface area contributed by atoms with Crippen LogP contribution in [-0.2, 0) is 9.05 Å². The van der Waals surface area contributed by atoms with Gasteiger partial charge in [0.25, 0.3) is 8.53 Å². The Morgan fingerprint density at radius 3 is 2.10 bits per heavy atom. The van der Waals surface area contributed by atoms with Gasteiger partial charge in [0.05, 0.1) is 25.2 Å². The van der Waals surface area contributed by atoms with Gasteiger partial charge in [-0.05, 0) is 41.5 Å². The molecule has 0 spiro atoms. The molecule has 0 bridgehead atoms. The fourth-order valence-electron chi connectivity index (χ4n) is 2.24. The SMILES string of the molecule is CC(C)N(C(C)C)P(OCCC#N)O[C@@H]1[C@H](C)SS[C@@H]1C. The molecule has 4 atom stereocenters. The highest BCUT2D eigenvalue weighted by molar-refractivity contribution is 8.77. The Bertz CT molecular complexity index is 334. The van der Waals surface area contributed by atoms with Crippen molar-refractivity contribution in [2.45, 2.75) is 76.7 Å². The molecule has 122 valence electrons. The summed E-state index contributed by atoms with van der Waals surface area (Å²) in [7, 11) is 2.65. The zero-order chi connectivity index (χ0) is 16.0. The van der Waals surface area contributed by atoms with Crippen molar-refractivity contribution in [2.75, 3.05) is 6.61 Å². The molecule has 7 heteroatoms. The van der Waals surface area contributed by atoms with Crippen LogP contribution in [-0.4, -0.2) is 40.0 Å². The van der Waals surface area contributed by atoms with E-state index in [0.717, 1.165) is 0 Å². The van der Waals surface area contributed by atoms with Gasteiger partial charge in [0.1, 0.15) is 0 Å². The fourth-order valence-corrected chi connectivity index (χ4v) is 7.24. The minimum atomic E-state index is -1.12. The predicted octanol–water partition coefficient (Wildman–Crippen LogP) is 4.82. The van der Waals surface area contributed by atoms with Crippen molar-refractivity contribution >= 4 is 30.1 Å². The van der Waals surface area contributed by atoms with Gasteiger partial charge in [-0.1, -0.05) is 21.6 Å². The summed E-state index contributed by atoms with van der Waals surface area (Å²) in [4.78, 5) is 0. The summed E-state index contributed by atoms with van der Waals surface area (Å²) in [5.41, 5.74) is 0. The third-order valence-corrected chi connectivity index (χ3v) is 8.70. The second-order valence-electron chi connectivity index (χ2n) is 5.72. The number of hydrogen-bond donors (Lipinski definition) is 0. The van der Waals surface area contributed by atoms with Crippen LogP contribution in [0.5, 0.6) is 0 Å². The third kappa shape index (κ3) is 5.89. The molecule has 0 aromatic heterocycles. The van der Waals surface area contributed by atoms with E-state index < -0.39 is 8.53 Å². The van der Waals surface area contributed by atoms with Crippen molar-refractivity contribution in [1.29, 1.82) is 5.26 Å². The van der Waals surface area contributed by atoms with Crippen LogP contribution in [0, 0.1) is 11.3 Å².